The van der Waals surface area contributed by atoms with Crippen LogP contribution >= 0.6 is 0 Å². The number of ether oxygens (including phenoxy) is 7. The first-order valence-corrected chi connectivity index (χ1v) is 20.0. The minimum atomic E-state index is -1.02. The number of methoxy groups -OCH3 is 2. The fourth-order valence-electron chi connectivity index (χ4n) is 10.8. The number of hydrogen-bond acceptors (Lipinski definition) is 10. The van der Waals surface area contributed by atoms with Crippen molar-refractivity contribution in [3.8, 4) is 0 Å². The highest BCUT2D eigenvalue weighted by atomic mass is 16.7. The van der Waals surface area contributed by atoms with E-state index in [-0.39, 0.29) is 78.7 Å². The summed E-state index contributed by atoms with van der Waals surface area (Å²) in [5.41, 5.74) is -0.768. The molecule has 0 saturated carbocycles. The Hall–Kier alpha value is -1.15. The maximum absolute atomic E-state index is 11.2. The van der Waals surface area contributed by atoms with E-state index in [2.05, 4.69) is 48.5 Å². The fraction of sp³-hybridized carbons (Fsp3) is 0.927. The van der Waals surface area contributed by atoms with Gasteiger partial charge in [0, 0.05) is 44.0 Å². The van der Waals surface area contributed by atoms with E-state index in [4.69, 9.17) is 33.2 Å². The number of carboxylic acid groups (broad SMARTS) is 1. The molecule has 5 aliphatic rings. The second-order valence-electron chi connectivity index (χ2n) is 18.0. The SMILES string of the molecule is CO[C@@H]1CC(CC(O)CCC(C)/C=C(\C)C(=O)O)OC2(O[C@](C)(C3CC[C@@](C)(C4O[C@@H](C5O[C@](CO)(OC)[C@H](C)C[C@@H]5C)C[C@@H]4C)O3)C[C@H]2C)[C@@H]1C. The number of aliphatic hydroxyl groups is 2. The molecule has 5 aliphatic heterocycles. The first kappa shape index (κ1) is 42.0. The van der Waals surface area contributed by atoms with Gasteiger partial charge in [-0.05, 0) is 89.9 Å². The highest BCUT2D eigenvalue weighted by Gasteiger charge is 2.65. The summed E-state index contributed by atoms with van der Waals surface area (Å²) in [5, 5.41) is 30.6. The van der Waals surface area contributed by atoms with Crippen LogP contribution < -0.4 is 0 Å². The molecule has 0 radical (unpaired) electrons. The van der Waals surface area contributed by atoms with Crippen molar-refractivity contribution in [1.82, 2.24) is 0 Å². The lowest BCUT2D eigenvalue weighted by Crippen LogP contribution is -2.58. The number of hydrogen-bond donors (Lipinski definition) is 3. The first-order valence-electron chi connectivity index (χ1n) is 20.0. The molecule has 300 valence electrons. The summed E-state index contributed by atoms with van der Waals surface area (Å²) in [5.74, 6) is -2.14. The van der Waals surface area contributed by atoms with Gasteiger partial charge >= 0.3 is 5.97 Å². The van der Waals surface area contributed by atoms with Crippen LogP contribution in [0.4, 0.5) is 0 Å². The molecule has 0 aliphatic carbocycles. The Morgan fingerprint density at radius 2 is 1.67 bits per heavy atom. The molecule has 52 heavy (non-hydrogen) atoms. The van der Waals surface area contributed by atoms with Crippen LogP contribution in [0.5, 0.6) is 0 Å². The second-order valence-corrected chi connectivity index (χ2v) is 18.0. The number of carbonyl (C=O) groups is 1. The smallest absolute Gasteiger partial charge is 0.330 e. The molecule has 17 atom stereocenters. The van der Waals surface area contributed by atoms with Crippen molar-refractivity contribution in [2.45, 2.75) is 186 Å². The summed E-state index contributed by atoms with van der Waals surface area (Å²) in [6, 6.07) is 0. The normalized spacial score (nSPS) is 48.3. The third-order valence-electron chi connectivity index (χ3n) is 13.8. The van der Waals surface area contributed by atoms with Crippen molar-refractivity contribution in [3.05, 3.63) is 11.6 Å². The lowest BCUT2D eigenvalue weighted by molar-refractivity contribution is -0.352. The third kappa shape index (κ3) is 8.05. The molecule has 0 aromatic heterocycles. The predicted octanol–water partition coefficient (Wildman–Crippen LogP) is 6.26. The Labute approximate surface area is 312 Å². The molecule has 3 N–H and O–H groups in total. The summed E-state index contributed by atoms with van der Waals surface area (Å²) in [6.07, 6.45) is 6.82. The van der Waals surface area contributed by atoms with Gasteiger partial charge in [0.2, 0.25) is 0 Å². The number of allylic oxidation sites excluding steroid dienone is 1. The number of aliphatic carboxylic acids is 1. The van der Waals surface area contributed by atoms with Crippen molar-refractivity contribution < 1.29 is 53.3 Å². The van der Waals surface area contributed by atoms with Gasteiger partial charge in [-0.15, -0.1) is 0 Å². The zero-order chi connectivity index (χ0) is 38.4. The highest BCUT2D eigenvalue weighted by Crippen LogP contribution is 2.57. The van der Waals surface area contributed by atoms with Crippen molar-refractivity contribution in [2.24, 2.45) is 35.5 Å². The molecule has 5 heterocycles. The third-order valence-corrected chi connectivity index (χ3v) is 13.8. The lowest BCUT2D eigenvalue weighted by atomic mass is 9.78. The molecule has 11 nitrogen and oxygen atoms in total. The molecule has 5 saturated heterocycles. The summed E-state index contributed by atoms with van der Waals surface area (Å²) < 4.78 is 46.5. The molecule has 11 heteroatoms. The maximum atomic E-state index is 11.2. The summed E-state index contributed by atoms with van der Waals surface area (Å²) >= 11 is 0. The average Bonchev–Trinajstić information content (AvgIpc) is 3.76. The summed E-state index contributed by atoms with van der Waals surface area (Å²) in [4.78, 5) is 11.2. The van der Waals surface area contributed by atoms with Crippen molar-refractivity contribution >= 4 is 5.97 Å². The molecule has 0 bridgehead atoms. The highest BCUT2D eigenvalue weighted by molar-refractivity contribution is 5.85. The standard InChI is InChI=1S/C41H70O11/c1-23(16-26(4)37(44)45)12-13-30(43)19-31-20-32(46-10)29(7)41(49-31)28(6)21-39(9,52-41)34-14-15-38(8,50-34)36-25(3)18-33(48-36)35-24(2)17-27(5)40(22-42,47-11)51-35/h16,23-25,27-36,42-43H,12-15,17-22H2,1-11H3,(H,44,45)/b26-16+/t23?,24-,25-,27+,28+,29+,30?,31?,32+,33+,34?,35?,36?,38-,39-,40-,41?/m0/s1. The van der Waals surface area contributed by atoms with Crippen LogP contribution in [0.15, 0.2) is 11.6 Å². The molecule has 5 rings (SSSR count). The molecular formula is C41H70O11. The van der Waals surface area contributed by atoms with E-state index >= 15 is 0 Å². The largest absolute Gasteiger partial charge is 0.478 e. The summed E-state index contributed by atoms with van der Waals surface area (Å²) in [7, 11) is 3.35. The van der Waals surface area contributed by atoms with Crippen molar-refractivity contribution in [2.75, 3.05) is 20.8 Å². The monoisotopic (exact) mass is 738 g/mol. The minimum absolute atomic E-state index is 0.0306. The van der Waals surface area contributed by atoms with Crippen LogP contribution in [0.2, 0.25) is 0 Å². The molecule has 0 aromatic carbocycles. The Morgan fingerprint density at radius 1 is 0.962 bits per heavy atom. The Kier molecular flexibility index (Phi) is 13.0. The van der Waals surface area contributed by atoms with E-state index in [0.717, 1.165) is 32.1 Å². The van der Waals surface area contributed by atoms with Gasteiger partial charge < -0.3 is 48.5 Å². The molecule has 1 spiro atoms. The molecule has 0 amide bonds. The fourth-order valence-corrected chi connectivity index (χ4v) is 10.8. The van der Waals surface area contributed by atoms with Gasteiger partial charge in [0.25, 0.3) is 0 Å². The maximum Gasteiger partial charge on any atom is 0.330 e. The van der Waals surface area contributed by atoms with Crippen LogP contribution in [0, 0.1) is 35.5 Å². The van der Waals surface area contributed by atoms with Crippen LogP contribution in [0.3, 0.4) is 0 Å². The van der Waals surface area contributed by atoms with Crippen LogP contribution in [0.1, 0.15) is 120 Å². The topological polar surface area (TPSA) is 142 Å². The van der Waals surface area contributed by atoms with Gasteiger partial charge in [-0.2, -0.15) is 0 Å². The van der Waals surface area contributed by atoms with E-state index in [0.29, 0.717) is 31.3 Å². The van der Waals surface area contributed by atoms with Crippen molar-refractivity contribution in [1.29, 1.82) is 0 Å². The van der Waals surface area contributed by atoms with Gasteiger partial charge in [0.1, 0.15) is 0 Å². The Bertz CT molecular complexity index is 1250. The van der Waals surface area contributed by atoms with Crippen LogP contribution in [-0.2, 0) is 38.0 Å². The van der Waals surface area contributed by atoms with E-state index in [1.165, 1.54) is 0 Å². The Morgan fingerprint density at radius 3 is 2.31 bits per heavy atom. The van der Waals surface area contributed by atoms with Gasteiger partial charge in [-0.1, -0.05) is 47.6 Å². The molecule has 5 fully saturated rings. The van der Waals surface area contributed by atoms with E-state index in [1.54, 1.807) is 27.2 Å². The number of aliphatic hydroxyl groups excluding tert-OH is 2. The molecular weight excluding hydrogens is 668 g/mol. The van der Waals surface area contributed by atoms with E-state index < -0.39 is 34.8 Å². The predicted molar refractivity (Wildman–Crippen MR) is 195 cm³/mol. The molecule has 0 aromatic rings. The van der Waals surface area contributed by atoms with Gasteiger partial charge in [-0.25, -0.2) is 4.79 Å². The van der Waals surface area contributed by atoms with Gasteiger partial charge in [-0.3, -0.25) is 0 Å². The van der Waals surface area contributed by atoms with E-state index in [1.807, 2.05) is 6.92 Å². The first-order chi connectivity index (χ1) is 24.4. The van der Waals surface area contributed by atoms with Gasteiger partial charge in [0.05, 0.1) is 60.5 Å². The quantitative estimate of drug-likeness (QED) is 0.184. The lowest BCUT2D eigenvalue weighted by Gasteiger charge is -2.50. The van der Waals surface area contributed by atoms with Crippen molar-refractivity contribution in [3.63, 3.8) is 0 Å². The van der Waals surface area contributed by atoms with Crippen LogP contribution in [0.25, 0.3) is 0 Å². The molecule has 7 unspecified atom stereocenters. The Balaban J connectivity index is 1.24. The van der Waals surface area contributed by atoms with Gasteiger partial charge in [0.15, 0.2) is 11.6 Å². The second kappa shape index (κ2) is 16.1. The number of carboxylic acids is 1. The zero-order valence-electron chi connectivity index (χ0n) is 33.8. The average molecular weight is 739 g/mol. The van der Waals surface area contributed by atoms with E-state index in [9.17, 15) is 20.1 Å². The van der Waals surface area contributed by atoms with Crippen LogP contribution in [-0.4, -0.2) is 108 Å². The zero-order valence-corrected chi connectivity index (χ0v) is 33.8. The number of rotatable bonds is 13. The summed E-state index contributed by atoms with van der Waals surface area (Å²) in [6.45, 7) is 18.6. The minimum Gasteiger partial charge on any atom is -0.478 e.